The molecule has 156 valence electrons. The van der Waals surface area contributed by atoms with Crippen LogP contribution in [0.5, 0.6) is 0 Å². The highest BCUT2D eigenvalue weighted by Gasteiger charge is 2.16. The molecule has 0 radical (unpaired) electrons. The van der Waals surface area contributed by atoms with Gasteiger partial charge in [0.25, 0.3) is 0 Å². The molecule has 0 aliphatic heterocycles. The quantitative estimate of drug-likeness (QED) is 0.557. The van der Waals surface area contributed by atoms with Crippen molar-refractivity contribution in [2.24, 2.45) is 0 Å². The zero-order chi connectivity index (χ0) is 21.5. The molecular weight excluding hydrogens is 405 g/mol. The number of hydrogen-bond donors (Lipinski definition) is 1. The first kappa shape index (κ1) is 21.5. The summed E-state index contributed by atoms with van der Waals surface area (Å²) in [5, 5.41) is 11.4. The van der Waals surface area contributed by atoms with Crippen molar-refractivity contribution in [3.63, 3.8) is 0 Å². The lowest BCUT2D eigenvalue weighted by Gasteiger charge is -2.21. The molecule has 0 atom stereocenters. The van der Waals surface area contributed by atoms with Crippen molar-refractivity contribution in [3.05, 3.63) is 66.2 Å². The Balaban J connectivity index is 1.67. The summed E-state index contributed by atoms with van der Waals surface area (Å²) >= 11 is 1.27. The van der Waals surface area contributed by atoms with Crippen LogP contribution >= 0.6 is 11.8 Å². The number of amides is 2. The molecule has 0 spiro atoms. The molecule has 1 heterocycles. The number of nitrogens with one attached hydrogen (secondary N) is 1. The average molecular weight is 428 g/mol. The lowest BCUT2D eigenvalue weighted by molar-refractivity contribution is -0.128. The number of aromatic nitrogens is 3. The monoisotopic (exact) mass is 427 g/mol. The number of hydrogen-bond acceptors (Lipinski definition) is 5. The van der Waals surface area contributed by atoms with Crippen molar-refractivity contribution in [2.45, 2.75) is 25.5 Å². The predicted octanol–water partition coefficient (Wildman–Crippen LogP) is 3.51. The van der Waals surface area contributed by atoms with Crippen molar-refractivity contribution in [2.75, 3.05) is 17.6 Å². The number of carbonyl (C=O) groups is 2. The molecular formula is C21H22FN5O2S. The number of halogens is 1. The fourth-order valence-electron chi connectivity index (χ4n) is 2.89. The van der Waals surface area contributed by atoms with Crippen molar-refractivity contribution in [3.8, 4) is 5.69 Å². The van der Waals surface area contributed by atoms with Crippen LogP contribution < -0.4 is 5.32 Å². The van der Waals surface area contributed by atoms with E-state index in [1.165, 1.54) is 30.8 Å². The normalized spacial score (nSPS) is 10.6. The molecule has 1 aromatic heterocycles. The third kappa shape index (κ3) is 5.66. The van der Waals surface area contributed by atoms with Gasteiger partial charge in [-0.15, -0.1) is 10.2 Å². The fraction of sp³-hybridized carbons (Fsp3) is 0.238. The first-order valence-electron chi connectivity index (χ1n) is 9.39. The summed E-state index contributed by atoms with van der Waals surface area (Å²) in [7, 11) is 0. The number of nitrogens with zero attached hydrogens (tertiary/aromatic N) is 4. The van der Waals surface area contributed by atoms with Gasteiger partial charge in [0.15, 0.2) is 5.16 Å². The number of thioether (sulfide) groups is 1. The highest BCUT2D eigenvalue weighted by molar-refractivity contribution is 7.99. The first-order valence-corrected chi connectivity index (χ1v) is 10.4. The zero-order valence-electron chi connectivity index (χ0n) is 16.7. The van der Waals surface area contributed by atoms with Crippen LogP contribution in [-0.4, -0.2) is 43.8 Å². The van der Waals surface area contributed by atoms with E-state index < -0.39 is 0 Å². The van der Waals surface area contributed by atoms with E-state index >= 15 is 0 Å². The Hall–Kier alpha value is -3.20. The Kier molecular flexibility index (Phi) is 7.18. The topological polar surface area (TPSA) is 80.1 Å². The number of anilines is 1. The van der Waals surface area contributed by atoms with Gasteiger partial charge < -0.3 is 10.2 Å². The summed E-state index contributed by atoms with van der Waals surface area (Å²) in [5.41, 5.74) is 2.18. The minimum absolute atomic E-state index is 0.0756. The van der Waals surface area contributed by atoms with E-state index in [0.29, 0.717) is 23.9 Å². The Morgan fingerprint density at radius 3 is 2.73 bits per heavy atom. The third-order valence-corrected chi connectivity index (χ3v) is 5.21. The molecule has 0 fully saturated rings. The summed E-state index contributed by atoms with van der Waals surface area (Å²) in [5.74, 6) is -0.380. The Morgan fingerprint density at radius 1 is 1.20 bits per heavy atom. The molecule has 0 saturated heterocycles. The summed E-state index contributed by atoms with van der Waals surface area (Å²) in [6, 6.07) is 13.5. The van der Waals surface area contributed by atoms with E-state index in [-0.39, 0.29) is 23.4 Å². The maximum absolute atomic E-state index is 13.4. The summed E-state index contributed by atoms with van der Waals surface area (Å²) in [6.45, 7) is 4.19. The number of rotatable bonds is 8. The van der Waals surface area contributed by atoms with Crippen molar-refractivity contribution in [1.29, 1.82) is 0 Å². The highest BCUT2D eigenvalue weighted by atomic mass is 32.2. The molecule has 0 aliphatic rings. The molecule has 3 aromatic rings. The van der Waals surface area contributed by atoms with Crippen molar-refractivity contribution >= 4 is 29.3 Å². The lowest BCUT2D eigenvalue weighted by Crippen LogP contribution is -2.31. The molecule has 3 rings (SSSR count). The van der Waals surface area contributed by atoms with Crippen LogP contribution in [0.4, 0.5) is 10.1 Å². The molecule has 9 heteroatoms. The van der Waals surface area contributed by atoms with E-state index in [2.05, 4.69) is 15.5 Å². The van der Waals surface area contributed by atoms with Gasteiger partial charge in [-0.3, -0.25) is 14.2 Å². The Bertz CT molecular complexity index is 1040. The summed E-state index contributed by atoms with van der Waals surface area (Å²) < 4.78 is 15.2. The van der Waals surface area contributed by atoms with Crippen LogP contribution in [0.3, 0.4) is 0 Å². The minimum atomic E-state index is -0.319. The predicted molar refractivity (Wildman–Crippen MR) is 114 cm³/mol. The van der Waals surface area contributed by atoms with Crippen LogP contribution in [0.1, 0.15) is 19.4 Å². The molecule has 2 aromatic carbocycles. The second kappa shape index (κ2) is 10.0. The largest absolute Gasteiger partial charge is 0.338 e. The van der Waals surface area contributed by atoms with Gasteiger partial charge >= 0.3 is 0 Å². The smallest absolute Gasteiger partial charge is 0.233 e. The average Bonchev–Trinajstić information content (AvgIpc) is 3.18. The van der Waals surface area contributed by atoms with Gasteiger partial charge in [0, 0.05) is 25.7 Å². The summed E-state index contributed by atoms with van der Waals surface area (Å²) in [4.78, 5) is 25.6. The second-order valence-corrected chi connectivity index (χ2v) is 7.48. The first-order chi connectivity index (χ1) is 14.5. The molecule has 30 heavy (non-hydrogen) atoms. The van der Waals surface area contributed by atoms with Gasteiger partial charge in [-0.25, -0.2) is 4.39 Å². The zero-order valence-corrected chi connectivity index (χ0v) is 17.5. The molecule has 0 unspecified atom stereocenters. The third-order valence-electron chi connectivity index (χ3n) is 4.28. The molecule has 2 amide bonds. The molecule has 1 N–H and O–H groups in total. The maximum Gasteiger partial charge on any atom is 0.233 e. The van der Waals surface area contributed by atoms with Gasteiger partial charge in [-0.1, -0.05) is 30.0 Å². The molecule has 7 nitrogen and oxygen atoms in total. The van der Waals surface area contributed by atoms with E-state index in [0.717, 1.165) is 11.3 Å². The van der Waals surface area contributed by atoms with E-state index in [9.17, 15) is 14.0 Å². The fourth-order valence-corrected chi connectivity index (χ4v) is 3.72. The minimum Gasteiger partial charge on any atom is -0.338 e. The Morgan fingerprint density at radius 2 is 2.00 bits per heavy atom. The summed E-state index contributed by atoms with van der Waals surface area (Å²) in [6.07, 6.45) is 1.56. The second-order valence-electron chi connectivity index (χ2n) is 6.54. The van der Waals surface area contributed by atoms with E-state index in [4.69, 9.17) is 0 Å². The van der Waals surface area contributed by atoms with Crippen LogP contribution in [0.25, 0.3) is 5.69 Å². The van der Waals surface area contributed by atoms with Gasteiger partial charge in [0.1, 0.15) is 12.1 Å². The van der Waals surface area contributed by atoms with Crippen LogP contribution in [0, 0.1) is 5.82 Å². The molecule has 0 bridgehead atoms. The van der Waals surface area contributed by atoms with E-state index in [1.807, 2.05) is 19.1 Å². The van der Waals surface area contributed by atoms with Crippen molar-refractivity contribution < 1.29 is 14.0 Å². The molecule has 0 saturated carbocycles. The van der Waals surface area contributed by atoms with Crippen molar-refractivity contribution in [1.82, 2.24) is 19.7 Å². The van der Waals surface area contributed by atoms with Gasteiger partial charge in [0.05, 0.1) is 11.4 Å². The van der Waals surface area contributed by atoms with Gasteiger partial charge in [-0.05, 0) is 42.8 Å². The Labute approximate surface area is 178 Å². The lowest BCUT2D eigenvalue weighted by atomic mass is 10.2. The van der Waals surface area contributed by atoms with Crippen LogP contribution in [0.2, 0.25) is 0 Å². The molecule has 0 aliphatic carbocycles. The van der Waals surface area contributed by atoms with Crippen LogP contribution in [-0.2, 0) is 16.1 Å². The standard InChI is InChI=1S/C21H22FN5O2S/c1-3-26(12-16-6-4-7-17(22)10-16)20(29)13-30-21-25-23-14-27(21)19-9-5-8-18(11-19)24-15(2)28/h4-11,14H,3,12-13H2,1-2H3,(H,24,28). The van der Waals surface area contributed by atoms with Crippen LogP contribution in [0.15, 0.2) is 60.0 Å². The number of benzene rings is 2. The van der Waals surface area contributed by atoms with Gasteiger partial charge in [-0.2, -0.15) is 0 Å². The maximum atomic E-state index is 13.4. The number of carbonyl (C=O) groups excluding carboxylic acids is 2. The van der Waals surface area contributed by atoms with Gasteiger partial charge in [0.2, 0.25) is 11.8 Å². The highest BCUT2D eigenvalue weighted by Crippen LogP contribution is 2.22. The van der Waals surface area contributed by atoms with E-state index in [1.54, 1.807) is 40.1 Å². The SMILES string of the molecule is CCN(Cc1cccc(F)c1)C(=O)CSc1nncn1-c1cccc(NC(C)=O)c1.